The second kappa shape index (κ2) is 5.68. The van der Waals surface area contributed by atoms with Crippen LogP contribution in [0.2, 0.25) is 0 Å². The van der Waals surface area contributed by atoms with Gasteiger partial charge in [0.15, 0.2) is 0 Å². The molecule has 0 saturated carbocycles. The first-order valence-corrected chi connectivity index (χ1v) is 5.99. The number of nitrogens with one attached hydrogen (secondary N) is 1. The third-order valence-electron chi connectivity index (χ3n) is 3.10. The second-order valence-electron chi connectivity index (χ2n) is 4.36. The van der Waals surface area contributed by atoms with Gasteiger partial charge >= 0.3 is 0 Å². The van der Waals surface area contributed by atoms with Gasteiger partial charge in [-0.15, -0.1) is 0 Å². The van der Waals surface area contributed by atoms with Crippen LogP contribution >= 0.6 is 0 Å². The molecule has 1 aliphatic rings. The predicted octanol–water partition coefficient (Wildman–Crippen LogP) is 1.16. The van der Waals surface area contributed by atoms with Crippen LogP contribution in [0.5, 0.6) is 5.75 Å². The van der Waals surface area contributed by atoms with Gasteiger partial charge in [-0.3, -0.25) is 4.79 Å². The SMILES string of the molecule is NC(=O)c1ccccc1OCCC1CCNC1. The highest BCUT2D eigenvalue weighted by molar-refractivity contribution is 5.95. The predicted molar refractivity (Wildman–Crippen MR) is 66.0 cm³/mol. The molecule has 1 aromatic carbocycles. The molecule has 0 aliphatic carbocycles. The van der Waals surface area contributed by atoms with E-state index >= 15 is 0 Å². The molecule has 1 aromatic rings. The van der Waals surface area contributed by atoms with Crippen LogP contribution in [0, 0.1) is 5.92 Å². The molecule has 1 fully saturated rings. The molecule has 0 aromatic heterocycles. The third kappa shape index (κ3) is 3.20. The fourth-order valence-corrected chi connectivity index (χ4v) is 2.09. The molecule has 0 radical (unpaired) electrons. The summed E-state index contributed by atoms with van der Waals surface area (Å²) in [6, 6.07) is 7.11. The zero-order chi connectivity index (χ0) is 12.1. The number of ether oxygens (including phenoxy) is 1. The number of nitrogens with two attached hydrogens (primary N) is 1. The number of carbonyl (C=O) groups is 1. The van der Waals surface area contributed by atoms with E-state index in [1.807, 2.05) is 6.07 Å². The number of hydrogen-bond donors (Lipinski definition) is 2. The lowest BCUT2D eigenvalue weighted by Gasteiger charge is -2.11. The molecule has 1 amide bonds. The molecule has 1 atom stereocenters. The fourth-order valence-electron chi connectivity index (χ4n) is 2.09. The van der Waals surface area contributed by atoms with Crippen molar-refractivity contribution in [2.45, 2.75) is 12.8 Å². The number of amides is 1. The van der Waals surface area contributed by atoms with E-state index in [-0.39, 0.29) is 0 Å². The van der Waals surface area contributed by atoms with Crippen molar-refractivity contribution >= 4 is 5.91 Å². The average molecular weight is 234 g/mol. The molecule has 0 bridgehead atoms. The molecular weight excluding hydrogens is 216 g/mol. The number of carbonyl (C=O) groups excluding carboxylic acids is 1. The van der Waals surface area contributed by atoms with E-state index in [0.717, 1.165) is 19.5 Å². The first-order chi connectivity index (χ1) is 8.27. The lowest BCUT2D eigenvalue weighted by atomic mass is 10.1. The first-order valence-electron chi connectivity index (χ1n) is 5.99. The summed E-state index contributed by atoms with van der Waals surface area (Å²) in [5.74, 6) is 0.838. The van der Waals surface area contributed by atoms with Gasteiger partial charge in [0.05, 0.1) is 12.2 Å². The molecule has 0 spiro atoms. The highest BCUT2D eigenvalue weighted by Gasteiger charge is 2.14. The van der Waals surface area contributed by atoms with Crippen molar-refractivity contribution < 1.29 is 9.53 Å². The molecule has 1 saturated heterocycles. The zero-order valence-corrected chi connectivity index (χ0v) is 9.82. The maximum atomic E-state index is 11.2. The maximum Gasteiger partial charge on any atom is 0.252 e. The minimum Gasteiger partial charge on any atom is -0.493 e. The molecular formula is C13H18N2O2. The van der Waals surface area contributed by atoms with E-state index in [1.54, 1.807) is 18.2 Å². The lowest BCUT2D eigenvalue weighted by molar-refractivity contribution is 0.0996. The van der Waals surface area contributed by atoms with Crippen LogP contribution in [-0.2, 0) is 0 Å². The van der Waals surface area contributed by atoms with Crippen molar-refractivity contribution in [3.63, 3.8) is 0 Å². The van der Waals surface area contributed by atoms with Crippen molar-refractivity contribution in [2.24, 2.45) is 11.7 Å². The van der Waals surface area contributed by atoms with Gasteiger partial charge in [-0.2, -0.15) is 0 Å². The largest absolute Gasteiger partial charge is 0.493 e. The van der Waals surface area contributed by atoms with E-state index in [2.05, 4.69) is 5.32 Å². The van der Waals surface area contributed by atoms with Gasteiger partial charge in [-0.25, -0.2) is 0 Å². The molecule has 4 nitrogen and oxygen atoms in total. The Balaban J connectivity index is 1.87. The minimum absolute atomic E-state index is 0.442. The first kappa shape index (κ1) is 11.9. The third-order valence-corrected chi connectivity index (χ3v) is 3.10. The van der Waals surface area contributed by atoms with Gasteiger partial charge in [0.25, 0.3) is 5.91 Å². The Morgan fingerprint density at radius 2 is 2.29 bits per heavy atom. The van der Waals surface area contributed by atoms with Crippen LogP contribution in [0.15, 0.2) is 24.3 Å². The Hall–Kier alpha value is -1.55. The summed E-state index contributed by atoms with van der Waals surface area (Å²) in [7, 11) is 0. The molecule has 17 heavy (non-hydrogen) atoms. The Labute approximate surface area is 101 Å². The van der Waals surface area contributed by atoms with Gasteiger partial charge in [0.2, 0.25) is 0 Å². The summed E-state index contributed by atoms with van der Waals surface area (Å²) in [6.07, 6.45) is 2.22. The smallest absolute Gasteiger partial charge is 0.252 e. The standard InChI is InChI=1S/C13H18N2O2/c14-13(16)11-3-1-2-4-12(11)17-8-6-10-5-7-15-9-10/h1-4,10,15H,5-9H2,(H2,14,16). The fraction of sp³-hybridized carbons (Fsp3) is 0.462. The van der Waals surface area contributed by atoms with Gasteiger partial charge in [-0.05, 0) is 44.0 Å². The molecule has 2 rings (SSSR count). The maximum absolute atomic E-state index is 11.2. The highest BCUT2D eigenvalue weighted by atomic mass is 16.5. The molecule has 1 aliphatic heterocycles. The normalized spacial score (nSPS) is 19.2. The lowest BCUT2D eigenvalue weighted by Crippen LogP contribution is -2.15. The summed E-state index contributed by atoms with van der Waals surface area (Å²) >= 11 is 0. The van der Waals surface area contributed by atoms with Crippen LogP contribution in [0.25, 0.3) is 0 Å². The van der Waals surface area contributed by atoms with Crippen molar-refractivity contribution in [2.75, 3.05) is 19.7 Å². The number of benzene rings is 1. The van der Waals surface area contributed by atoms with Gasteiger partial charge in [0.1, 0.15) is 5.75 Å². The van der Waals surface area contributed by atoms with Crippen LogP contribution in [-0.4, -0.2) is 25.6 Å². The van der Waals surface area contributed by atoms with E-state index in [0.29, 0.717) is 23.8 Å². The number of primary amides is 1. The summed E-state index contributed by atoms with van der Waals surface area (Å²) < 4.78 is 5.63. The molecule has 1 heterocycles. The quantitative estimate of drug-likeness (QED) is 0.803. The van der Waals surface area contributed by atoms with E-state index in [1.165, 1.54) is 6.42 Å². The number of rotatable bonds is 5. The van der Waals surface area contributed by atoms with Gasteiger partial charge in [0, 0.05) is 0 Å². The Morgan fingerprint density at radius 1 is 1.47 bits per heavy atom. The van der Waals surface area contributed by atoms with E-state index in [4.69, 9.17) is 10.5 Å². The monoisotopic (exact) mass is 234 g/mol. The van der Waals surface area contributed by atoms with Crippen molar-refractivity contribution in [1.29, 1.82) is 0 Å². The summed E-state index contributed by atoms with van der Waals surface area (Å²) in [6.45, 7) is 2.81. The molecule has 1 unspecified atom stereocenters. The molecule has 4 heteroatoms. The van der Waals surface area contributed by atoms with Crippen LogP contribution < -0.4 is 15.8 Å². The average Bonchev–Trinajstić information content (AvgIpc) is 2.82. The van der Waals surface area contributed by atoms with Crippen LogP contribution in [0.4, 0.5) is 0 Å². The molecule has 3 N–H and O–H groups in total. The van der Waals surface area contributed by atoms with Crippen molar-refractivity contribution in [3.05, 3.63) is 29.8 Å². The second-order valence-corrected chi connectivity index (χ2v) is 4.36. The number of hydrogen-bond acceptors (Lipinski definition) is 3. The minimum atomic E-state index is -0.442. The summed E-state index contributed by atoms with van der Waals surface area (Å²) in [5.41, 5.74) is 5.74. The van der Waals surface area contributed by atoms with Gasteiger partial charge < -0.3 is 15.8 Å². The summed E-state index contributed by atoms with van der Waals surface area (Å²) in [4.78, 5) is 11.2. The van der Waals surface area contributed by atoms with E-state index in [9.17, 15) is 4.79 Å². The highest BCUT2D eigenvalue weighted by Crippen LogP contribution is 2.19. The van der Waals surface area contributed by atoms with E-state index < -0.39 is 5.91 Å². The number of para-hydroxylation sites is 1. The Kier molecular flexibility index (Phi) is 3.98. The van der Waals surface area contributed by atoms with Crippen molar-refractivity contribution in [1.82, 2.24) is 5.32 Å². The van der Waals surface area contributed by atoms with Crippen LogP contribution in [0.1, 0.15) is 23.2 Å². The topological polar surface area (TPSA) is 64.4 Å². The Morgan fingerprint density at radius 3 is 3.00 bits per heavy atom. The summed E-state index contributed by atoms with van der Waals surface area (Å²) in [5, 5.41) is 3.32. The Bertz CT molecular complexity index is 387. The van der Waals surface area contributed by atoms with Crippen LogP contribution in [0.3, 0.4) is 0 Å². The molecule has 92 valence electrons. The van der Waals surface area contributed by atoms with Gasteiger partial charge in [-0.1, -0.05) is 12.1 Å². The zero-order valence-electron chi connectivity index (χ0n) is 9.82. The van der Waals surface area contributed by atoms with Crippen molar-refractivity contribution in [3.8, 4) is 5.75 Å².